The largest absolute Gasteiger partial charge is 0.375 e. The molecule has 1 unspecified atom stereocenters. The number of hydrogen-bond donors (Lipinski definition) is 2. The van der Waals surface area contributed by atoms with Crippen molar-refractivity contribution in [2.45, 2.75) is 32.2 Å². The molecule has 0 aliphatic carbocycles. The Morgan fingerprint density at radius 1 is 1.50 bits per heavy atom. The minimum absolute atomic E-state index is 0.155. The average Bonchev–Trinajstić information content (AvgIpc) is 2.04. The Hall–Kier alpha value is -0.260. The van der Waals surface area contributed by atoms with Crippen LogP contribution in [0.15, 0.2) is 0 Å². The topological polar surface area (TPSA) is 47.3 Å². The average molecular weight is 182 g/mol. The molecule has 12 heavy (non-hydrogen) atoms. The number of hydrazine groups is 1. The summed E-state index contributed by atoms with van der Waals surface area (Å²) in [5, 5.41) is 0. The zero-order chi connectivity index (χ0) is 9.40. The van der Waals surface area contributed by atoms with Gasteiger partial charge in [-0.05, 0) is 12.8 Å². The summed E-state index contributed by atoms with van der Waals surface area (Å²) in [5.74, 6) is 5.17. The van der Waals surface area contributed by atoms with Crippen molar-refractivity contribution in [2.75, 3.05) is 13.2 Å². The van der Waals surface area contributed by atoms with Crippen molar-refractivity contribution < 1.29 is 13.5 Å². The number of halogens is 2. The van der Waals surface area contributed by atoms with Gasteiger partial charge in [-0.1, -0.05) is 6.92 Å². The lowest BCUT2D eigenvalue weighted by molar-refractivity contribution is 0.0143. The SMILES string of the molecule is CCC(CCOCC(F)F)NN. The number of nitrogens with two attached hydrogens (primary N) is 1. The lowest BCUT2D eigenvalue weighted by Gasteiger charge is -2.12. The summed E-state index contributed by atoms with van der Waals surface area (Å²) in [6.45, 7) is 1.81. The highest BCUT2D eigenvalue weighted by Gasteiger charge is 2.05. The maximum absolute atomic E-state index is 11.6. The first-order valence-corrected chi connectivity index (χ1v) is 4.02. The quantitative estimate of drug-likeness (QED) is 0.349. The lowest BCUT2D eigenvalue weighted by Crippen LogP contribution is -2.35. The zero-order valence-corrected chi connectivity index (χ0v) is 7.22. The predicted octanol–water partition coefficient (Wildman–Crippen LogP) is 0.900. The van der Waals surface area contributed by atoms with Crippen molar-refractivity contribution in [1.29, 1.82) is 0 Å². The van der Waals surface area contributed by atoms with Crippen LogP contribution in [0.2, 0.25) is 0 Å². The van der Waals surface area contributed by atoms with Gasteiger partial charge in [0.15, 0.2) is 0 Å². The Labute approximate surface area is 71.2 Å². The van der Waals surface area contributed by atoms with Gasteiger partial charge in [0, 0.05) is 12.6 Å². The van der Waals surface area contributed by atoms with Crippen LogP contribution < -0.4 is 11.3 Å². The van der Waals surface area contributed by atoms with E-state index in [1.807, 2.05) is 6.92 Å². The summed E-state index contributed by atoms with van der Waals surface area (Å²) >= 11 is 0. The number of rotatable bonds is 7. The molecule has 0 rings (SSSR count). The minimum atomic E-state index is -2.38. The fraction of sp³-hybridized carbons (Fsp3) is 1.00. The van der Waals surface area contributed by atoms with Gasteiger partial charge in [-0.2, -0.15) is 0 Å². The highest BCUT2D eigenvalue weighted by atomic mass is 19.3. The molecule has 0 bridgehead atoms. The van der Waals surface area contributed by atoms with E-state index in [0.717, 1.165) is 6.42 Å². The summed E-state index contributed by atoms with van der Waals surface area (Å²) in [6, 6.07) is 0.155. The summed E-state index contributed by atoms with van der Waals surface area (Å²) in [7, 11) is 0. The molecule has 0 radical (unpaired) electrons. The second-order valence-electron chi connectivity index (χ2n) is 2.53. The third kappa shape index (κ3) is 6.45. The Balaban J connectivity index is 3.17. The van der Waals surface area contributed by atoms with Crippen LogP contribution in [0.3, 0.4) is 0 Å². The summed E-state index contributed by atoms with van der Waals surface area (Å²) in [6.07, 6.45) is -0.843. The van der Waals surface area contributed by atoms with E-state index in [2.05, 4.69) is 10.2 Å². The molecule has 0 aromatic rings. The van der Waals surface area contributed by atoms with Crippen molar-refractivity contribution in [2.24, 2.45) is 5.84 Å². The first-order chi connectivity index (χ1) is 5.70. The van der Waals surface area contributed by atoms with Gasteiger partial charge in [-0.25, -0.2) is 8.78 Å². The van der Waals surface area contributed by atoms with Gasteiger partial charge in [0.2, 0.25) is 0 Å². The van der Waals surface area contributed by atoms with Crippen molar-refractivity contribution in [1.82, 2.24) is 5.43 Å². The molecule has 5 heteroatoms. The molecule has 0 amide bonds. The van der Waals surface area contributed by atoms with Gasteiger partial charge in [0.1, 0.15) is 6.61 Å². The van der Waals surface area contributed by atoms with E-state index in [9.17, 15) is 8.78 Å². The lowest BCUT2D eigenvalue weighted by atomic mass is 10.2. The van der Waals surface area contributed by atoms with Crippen LogP contribution in [0.25, 0.3) is 0 Å². The molecule has 0 heterocycles. The van der Waals surface area contributed by atoms with E-state index in [4.69, 9.17) is 5.84 Å². The summed E-state index contributed by atoms with van der Waals surface area (Å²) < 4.78 is 27.8. The Bertz CT molecular complexity index is 99.4. The molecule has 0 aliphatic heterocycles. The van der Waals surface area contributed by atoms with E-state index < -0.39 is 13.0 Å². The molecular weight excluding hydrogens is 166 g/mol. The minimum Gasteiger partial charge on any atom is -0.375 e. The first kappa shape index (κ1) is 11.7. The Morgan fingerprint density at radius 2 is 2.17 bits per heavy atom. The van der Waals surface area contributed by atoms with Gasteiger partial charge in [0.05, 0.1) is 0 Å². The van der Waals surface area contributed by atoms with Gasteiger partial charge in [-0.3, -0.25) is 11.3 Å². The predicted molar refractivity (Wildman–Crippen MR) is 42.8 cm³/mol. The second kappa shape index (κ2) is 7.39. The Kier molecular flexibility index (Phi) is 7.23. The molecule has 0 spiro atoms. The van der Waals surface area contributed by atoms with Crippen LogP contribution in [0.4, 0.5) is 8.78 Å². The number of alkyl halides is 2. The summed E-state index contributed by atoms with van der Waals surface area (Å²) in [4.78, 5) is 0. The molecule has 3 N–H and O–H groups in total. The molecule has 0 aromatic heterocycles. The molecular formula is C7H16F2N2O. The van der Waals surface area contributed by atoms with Crippen molar-refractivity contribution in [3.63, 3.8) is 0 Å². The van der Waals surface area contributed by atoms with E-state index in [1.54, 1.807) is 0 Å². The van der Waals surface area contributed by atoms with Crippen molar-refractivity contribution >= 4 is 0 Å². The molecule has 0 saturated carbocycles. The normalized spacial score (nSPS) is 13.8. The van der Waals surface area contributed by atoms with Gasteiger partial charge in [0.25, 0.3) is 6.43 Å². The highest BCUT2D eigenvalue weighted by Crippen LogP contribution is 1.98. The smallest absolute Gasteiger partial charge is 0.261 e. The molecule has 0 aliphatic rings. The van der Waals surface area contributed by atoms with Crippen LogP contribution in [-0.2, 0) is 4.74 Å². The third-order valence-electron chi connectivity index (χ3n) is 1.58. The van der Waals surface area contributed by atoms with Gasteiger partial charge in [-0.15, -0.1) is 0 Å². The first-order valence-electron chi connectivity index (χ1n) is 4.02. The number of hydrogen-bond acceptors (Lipinski definition) is 3. The molecule has 1 atom stereocenters. The van der Waals surface area contributed by atoms with Crippen LogP contribution >= 0.6 is 0 Å². The zero-order valence-electron chi connectivity index (χ0n) is 7.22. The van der Waals surface area contributed by atoms with Crippen molar-refractivity contribution in [3.05, 3.63) is 0 Å². The molecule has 74 valence electrons. The van der Waals surface area contributed by atoms with Crippen LogP contribution in [0.1, 0.15) is 19.8 Å². The fourth-order valence-corrected chi connectivity index (χ4v) is 0.803. The Morgan fingerprint density at radius 3 is 2.58 bits per heavy atom. The highest BCUT2D eigenvalue weighted by molar-refractivity contribution is 4.59. The second-order valence-corrected chi connectivity index (χ2v) is 2.53. The number of ether oxygens (including phenoxy) is 1. The molecule has 0 fully saturated rings. The maximum atomic E-state index is 11.6. The molecule has 3 nitrogen and oxygen atoms in total. The van der Waals surface area contributed by atoms with E-state index >= 15 is 0 Å². The van der Waals surface area contributed by atoms with E-state index in [-0.39, 0.29) is 6.04 Å². The van der Waals surface area contributed by atoms with Gasteiger partial charge >= 0.3 is 0 Å². The molecule has 0 saturated heterocycles. The number of nitrogens with one attached hydrogen (secondary N) is 1. The van der Waals surface area contributed by atoms with Gasteiger partial charge < -0.3 is 4.74 Å². The standard InChI is InChI=1S/C7H16F2N2O/c1-2-6(11-10)3-4-12-5-7(8)9/h6-7,11H,2-5,10H2,1H3. The van der Waals surface area contributed by atoms with E-state index in [1.165, 1.54) is 0 Å². The third-order valence-corrected chi connectivity index (χ3v) is 1.58. The van der Waals surface area contributed by atoms with Crippen molar-refractivity contribution in [3.8, 4) is 0 Å². The van der Waals surface area contributed by atoms with Crippen LogP contribution in [0.5, 0.6) is 0 Å². The van der Waals surface area contributed by atoms with Crippen LogP contribution in [-0.4, -0.2) is 25.7 Å². The summed E-state index contributed by atoms with van der Waals surface area (Å²) in [5.41, 5.74) is 2.57. The fourth-order valence-electron chi connectivity index (χ4n) is 0.803. The van der Waals surface area contributed by atoms with E-state index in [0.29, 0.717) is 13.0 Å². The maximum Gasteiger partial charge on any atom is 0.261 e. The molecule has 0 aromatic carbocycles. The van der Waals surface area contributed by atoms with Crippen LogP contribution in [0, 0.1) is 0 Å². The monoisotopic (exact) mass is 182 g/mol.